The van der Waals surface area contributed by atoms with Gasteiger partial charge in [-0.3, -0.25) is 4.79 Å². The highest BCUT2D eigenvalue weighted by Crippen LogP contribution is 2.30. The van der Waals surface area contributed by atoms with Crippen LogP contribution in [-0.2, 0) is 11.0 Å². The molecule has 1 aromatic carbocycles. The van der Waals surface area contributed by atoms with E-state index in [1.807, 2.05) is 0 Å². The Hall–Kier alpha value is -1.52. The van der Waals surface area contributed by atoms with Gasteiger partial charge in [0, 0.05) is 5.69 Å². The number of benzene rings is 1. The summed E-state index contributed by atoms with van der Waals surface area (Å²) in [6.45, 7) is -0.124. The summed E-state index contributed by atoms with van der Waals surface area (Å²) < 4.78 is 36.6. The fraction of sp³-hybridized carbons (Fsp3) is 0.222. The van der Waals surface area contributed by atoms with E-state index in [1.54, 1.807) is 0 Å². The molecular formula is C9H7F3NO. The second-order valence-corrected chi connectivity index (χ2v) is 2.58. The van der Waals surface area contributed by atoms with E-state index in [0.29, 0.717) is 0 Å². The van der Waals surface area contributed by atoms with Gasteiger partial charge in [0.15, 0.2) is 0 Å². The van der Waals surface area contributed by atoms with Crippen LogP contribution < -0.4 is 5.32 Å². The molecule has 0 unspecified atom stereocenters. The molecule has 1 radical (unpaired) electrons. The van der Waals surface area contributed by atoms with Crippen LogP contribution >= 0.6 is 0 Å². The highest BCUT2D eigenvalue weighted by molar-refractivity contribution is 5.60. The van der Waals surface area contributed by atoms with Gasteiger partial charge >= 0.3 is 6.18 Å². The van der Waals surface area contributed by atoms with Crippen LogP contribution in [0, 0.1) is 0 Å². The van der Waals surface area contributed by atoms with Crippen LogP contribution in [0.2, 0.25) is 0 Å². The Balaban J connectivity index is 2.84. The predicted octanol–water partition coefficient (Wildman–Crippen LogP) is 2.23. The monoisotopic (exact) mass is 202 g/mol. The first kappa shape index (κ1) is 10.6. The molecule has 0 atom stereocenters. The molecule has 0 aromatic heterocycles. The van der Waals surface area contributed by atoms with Crippen molar-refractivity contribution in [2.24, 2.45) is 0 Å². The lowest BCUT2D eigenvalue weighted by molar-refractivity contribution is -0.137. The molecule has 0 spiro atoms. The first-order chi connectivity index (χ1) is 6.54. The van der Waals surface area contributed by atoms with Gasteiger partial charge in [-0.2, -0.15) is 13.2 Å². The fourth-order valence-electron chi connectivity index (χ4n) is 0.944. The maximum Gasteiger partial charge on any atom is 0.416 e. The largest absolute Gasteiger partial charge is 0.416 e. The van der Waals surface area contributed by atoms with Crippen LogP contribution in [0.1, 0.15) is 5.56 Å². The lowest BCUT2D eigenvalue weighted by Crippen LogP contribution is -2.07. The van der Waals surface area contributed by atoms with Crippen molar-refractivity contribution in [1.82, 2.24) is 0 Å². The summed E-state index contributed by atoms with van der Waals surface area (Å²) in [5, 5.41) is 2.48. The number of hydrogen-bond acceptors (Lipinski definition) is 2. The zero-order valence-electron chi connectivity index (χ0n) is 7.06. The molecule has 0 amide bonds. The summed E-state index contributed by atoms with van der Waals surface area (Å²) in [6.07, 6.45) is -2.83. The predicted molar refractivity (Wildman–Crippen MR) is 45.6 cm³/mol. The standard InChI is InChI=1S/C9H7F3NO/c10-9(11,12)7-2-1-3-8(6-7)13-4-5-14/h1-3,6,13H,4H2. The summed E-state index contributed by atoms with van der Waals surface area (Å²) >= 11 is 0. The minimum Gasteiger partial charge on any atom is -0.377 e. The molecular weight excluding hydrogens is 195 g/mol. The Kier molecular flexibility index (Phi) is 3.11. The maximum absolute atomic E-state index is 12.2. The molecule has 0 heterocycles. The number of nitrogens with one attached hydrogen (secondary N) is 1. The van der Waals surface area contributed by atoms with Crippen LogP contribution in [0.5, 0.6) is 0 Å². The van der Waals surface area contributed by atoms with Gasteiger partial charge in [-0.25, -0.2) is 0 Å². The van der Waals surface area contributed by atoms with Gasteiger partial charge in [0.2, 0.25) is 6.29 Å². The molecule has 0 saturated carbocycles. The Labute approximate surface area is 78.7 Å². The second kappa shape index (κ2) is 4.13. The summed E-state index contributed by atoms with van der Waals surface area (Å²) in [5.74, 6) is 0. The summed E-state index contributed by atoms with van der Waals surface area (Å²) in [4.78, 5) is 9.85. The normalized spacial score (nSPS) is 11.1. The van der Waals surface area contributed by atoms with Gasteiger partial charge in [0.05, 0.1) is 12.1 Å². The molecule has 0 aliphatic carbocycles. The zero-order valence-corrected chi connectivity index (χ0v) is 7.06. The van der Waals surface area contributed by atoms with Crippen molar-refractivity contribution in [3.05, 3.63) is 29.8 Å². The lowest BCUT2D eigenvalue weighted by Gasteiger charge is -2.08. The van der Waals surface area contributed by atoms with Crippen molar-refractivity contribution >= 4 is 12.0 Å². The van der Waals surface area contributed by atoms with Gasteiger partial charge in [-0.15, -0.1) is 0 Å². The molecule has 0 fully saturated rings. The Morgan fingerprint density at radius 1 is 1.36 bits per heavy atom. The minimum absolute atomic E-state index is 0.124. The van der Waals surface area contributed by atoms with Crippen LogP contribution in [0.3, 0.4) is 0 Å². The third kappa shape index (κ3) is 2.76. The average Bonchev–Trinajstić information content (AvgIpc) is 2.14. The molecule has 0 aliphatic heterocycles. The van der Waals surface area contributed by atoms with E-state index in [0.717, 1.165) is 12.1 Å². The Bertz CT molecular complexity index is 322. The van der Waals surface area contributed by atoms with Gasteiger partial charge < -0.3 is 5.32 Å². The fourth-order valence-corrected chi connectivity index (χ4v) is 0.944. The van der Waals surface area contributed by atoms with Gasteiger partial charge in [0.25, 0.3) is 0 Å². The van der Waals surface area contributed by atoms with Gasteiger partial charge in [-0.1, -0.05) is 6.07 Å². The summed E-state index contributed by atoms with van der Waals surface area (Å²) in [6, 6.07) is 4.63. The number of rotatable bonds is 3. The molecule has 5 heteroatoms. The molecule has 2 nitrogen and oxygen atoms in total. The average molecular weight is 202 g/mol. The van der Waals surface area contributed by atoms with Crippen LogP contribution in [0.15, 0.2) is 24.3 Å². The van der Waals surface area contributed by atoms with Crippen molar-refractivity contribution in [3.63, 3.8) is 0 Å². The SMILES string of the molecule is O=[C]CNc1cccc(C(F)(F)F)c1. The number of alkyl halides is 3. The van der Waals surface area contributed by atoms with E-state index in [9.17, 15) is 18.0 Å². The molecule has 0 bridgehead atoms. The smallest absolute Gasteiger partial charge is 0.377 e. The third-order valence-electron chi connectivity index (χ3n) is 1.55. The number of anilines is 1. The summed E-state index contributed by atoms with van der Waals surface area (Å²) in [5.41, 5.74) is -0.489. The molecule has 1 rings (SSSR count). The highest BCUT2D eigenvalue weighted by atomic mass is 19.4. The van der Waals surface area contributed by atoms with Crippen molar-refractivity contribution in [2.75, 3.05) is 11.9 Å². The quantitative estimate of drug-likeness (QED) is 0.814. The van der Waals surface area contributed by atoms with Crippen molar-refractivity contribution in [1.29, 1.82) is 0 Å². The van der Waals surface area contributed by atoms with Crippen molar-refractivity contribution < 1.29 is 18.0 Å². The molecule has 14 heavy (non-hydrogen) atoms. The molecule has 0 saturated heterocycles. The van der Waals surface area contributed by atoms with Crippen LogP contribution in [-0.4, -0.2) is 12.8 Å². The van der Waals surface area contributed by atoms with E-state index in [4.69, 9.17) is 0 Å². The molecule has 0 aliphatic rings. The van der Waals surface area contributed by atoms with Crippen LogP contribution in [0.4, 0.5) is 18.9 Å². The molecule has 1 N–H and O–H groups in total. The van der Waals surface area contributed by atoms with E-state index in [1.165, 1.54) is 18.4 Å². The third-order valence-corrected chi connectivity index (χ3v) is 1.55. The number of halogens is 3. The van der Waals surface area contributed by atoms with Gasteiger partial charge in [-0.05, 0) is 18.2 Å². The number of carbonyl (C=O) groups excluding carboxylic acids is 1. The zero-order chi connectivity index (χ0) is 10.6. The first-order valence-electron chi connectivity index (χ1n) is 3.80. The number of hydrogen-bond donors (Lipinski definition) is 1. The lowest BCUT2D eigenvalue weighted by atomic mass is 10.2. The maximum atomic E-state index is 12.2. The van der Waals surface area contributed by atoms with E-state index >= 15 is 0 Å². The Morgan fingerprint density at radius 3 is 2.64 bits per heavy atom. The van der Waals surface area contributed by atoms with E-state index in [2.05, 4.69) is 5.32 Å². The molecule has 75 valence electrons. The molecule has 1 aromatic rings. The second-order valence-electron chi connectivity index (χ2n) is 2.58. The summed E-state index contributed by atoms with van der Waals surface area (Å²) in [7, 11) is 0. The highest BCUT2D eigenvalue weighted by Gasteiger charge is 2.30. The Morgan fingerprint density at radius 2 is 2.07 bits per heavy atom. The van der Waals surface area contributed by atoms with Crippen molar-refractivity contribution in [3.8, 4) is 0 Å². The van der Waals surface area contributed by atoms with Gasteiger partial charge in [0.1, 0.15) is 0 Å². The van der Waals surface area contributed by atoms with E-state index < -0.39 is 11.7 Å². The van der Waals surface area contributed by atoms with E-state index in [-0.39, 0.29) is 12.2 Å². The van der Waals surface area contributed by atoms with Crippen LogP contribution in [0.25, 0.3) is 0 Å². The minimum atomic E-state index is -4.36. The van der Waals surface area contributed by atoms with Crippen molar-refractivity contribution in [2.45, 2.75) is 6.18 Å². The topological polar surface area (TPSA) is 29.1 Å². The first-order valence-corrected chi connectivity index (χ1v) is 3.80.